The maximum Gasteiger partial charge on any atom is 0.251 e. The van der Waals surface area contributed by atoms with Crippen molar-refractivity contribution in [3.63, 3.8) is 0 Å². The smallest absolute Gasteiger partial charge is 0.251 e. The average molecular weight is 288 g/mol. The van der Waals surface area contributed by atoms with Crippen molar-refractivity contribution in [2.75, 3.05) is 6.54 Å². The van der Waals surface area contributed by atoms with Crippen molar-refractivity contribution in [1.82, 2.24) is 10.3 Å². The molecule has 2 rings (SSSR count). The second-order valence-electron chi connectivity index (χ2n) is 5.17. The molecule has 3 nitrogen and oxygen atoms in total. The Morgan fingerprint density at radius 2 is 2.00 bits per heavy atom. The number of benzene rings is 1. The van der Waals surface area contributed by atoms with Crippen LogP contribution in [0.5, 0.6) is 0 Å². The van der Waals surface area contributed by atoms with Gasteiger partial charge in [0.15, 0.2) is 0 Å². The molecule has 1 heterocycles. The van der Waals surface area contributed by atoms with E-state index < -0.39 is 0 Å². The molecule has 0 saturated heterocycles. The van der Waals surface area contributed by atoms with Gasteiger partial charge in [0.05, 0.1) is 5.01 Å². The van der Waals surface area contributed by atoms with Crippen molar-refractivity contribution in [2.24, 2.45) is 0 Å². The van der Waals surface area contributed by atoms with Crippen LogP contribution in [-0.4, -0.2) is 17.4 Å². The number of nitrogens with zero attached hydrogens (tertiary/aromatic N) is 1. The summed E-state index contributed by atoms with van der Waals surface area (Å²) in [5.41, 5.74) is 3.00. The lowest BCUT2D eigenvalue weighted by Gasteiger charge is -2.07. The Balaban J connectivity index is 1.85. The molecule has 20 heavy (non-hydrogen) atoms. The Hall–Kier alpha value is -1.68. The Morgan fingerprint density at radius 3 is 2.55 bits per heavy atom. The molecular weight excluding hydrogens is 268 g/mol. The van der Waals surface area contributed by atoms with E-state index in [2.05, 4.69) is 24.1 Å². The number of carbonyl (C=O) groups excluding carboxylic acids is 1. The van der Waals surface area contributed by atoms with E-state index in [4.69, 9.17) is 0 Å². The van der Waals surface area contributed by atoms with Crippen LogP contribution in [-0.2, 0) is 6.42 Å². The fourth-order valence-corrected chi connectivity index (χ4v) is 2.70. The highest BCUT2D eigenvalue weighted by Crippen LogP contribution is 2.14. The highest BCUT2D eigenvalue weighted by molar-refractivity contribution is 7.09. The minimum atomic E-state index is -0.0198. The van der Waals surface area contributed by atoms with E-state index in [9.17, 15) is 4.79 Å². The van der Waals surface area contributed by atoms with E-state index in [1.807, 2.05) is 36.6 Å². The lowest BCUT2D eigenvalue weighted by molar-refractivity contribution is 0.0954. The number of carbonyl (C=O) groups is 1. The number of thiazole rings is 1. The molecule has 1 aromatic carbocycles. The van der Waals surface area contributed by atoms with Crippen LogP contribution in [0.4, 0.5) is 0 Å². The predicted octanol–water partition coefficient (Wildman–Crippen LogP) is 3.55. The molecule has 0 bridgehead atoms. The van der Waals surface area contributed by atoms with Crippen molar-refractivity contribution in [1.29, 1.82) is 0 Å². The highest BCUT2D eigenvalue weighted by Gasteiger charge is 2.06. The standard InChI is InChI=1S/C16H20N2OS/c1-11(2)13-4-6-14(7-5-13)16(19)17-9-8-15-18-12(3)10-20-15/h4-7,10-11H,8-9H2,1-3H3,(H,17,19). The van der Waals surface area contributed by atoms with Gasteiger partial charge in [0.1, 0.15) is 0 Å². The minimum Gasteiger partial charge on any atom is -0.352 e. The number of hydrogen-bond acceptors (Lipinski definition) is 3. The molecule has 0 radical (unpaired) electrons. The third kappa shape index (κ3) is 3.90. The van der Waals surface area contributed by atoms with Crippen LogP contribution in [0.15, 0.2) is 29.6 Å². The molecule has 0 fully saturated rings. The zero-order valence-corrected chi connectivity index (χ0v) is 13.0. The van der Waals surface area contributed by atoms with Gasteiger partial charge in [-0.3, -0.25) is 4.79 Å². The summed E-state index contributed by atoms with van der Waals surface area (Å²) in [5.74, 6) is 0.467. The van der Waals surface area contributed by atoms with Gasteiger partial charge in [-0.05, 0) is 30.5 Å². The van der Waals surface area contributed by atoms with Gasteiger partial charge in [-0.25, -0.2) is 4.98 Å². The number of rotatable bonds is 5. The van der Waals surface area contributed by atoms with Gasteiger partial charge in [-0.15, -0.1) is 11.3 Å². The Morgan fingerprint density at radius 1 is 1.30 bits per heavy atom. The molecule has 0 aliphatic heterocycles. The van der Waals surface area contributed by atoms with E-state index in [1.165, 1.54) is 5.56 Å². The zero-order valence-electron chi connectivity index (χ0n) is 12.1. The first-order chi connectivity index (χ1) is 9.56. The van der Waals surface area contributed by atoms with E-state index >= 15 is 0 Å². The SMILES string of the molecule is Cc1csc(CCNC(=O)c2ccc(C(C)C)cc2)n1. The van der Waals surface area contributed by atoms with Gasteiger partial charge in [-0.1, -0.05) is 26.0 Å². The van der Waals surface area contributed by atoms with E-state index in [1.54, 1.807) is 11.3 Å². The van der Waals surface area contributed by atoms with Crippen molar-refractivity contribution in [2.45, 2.75) is 33.1 Å². The monoisotopic (exact) mass is 288 g/mol. The fourth-order valence-electron chi connectivity index (χ4n) is 1.92. The summed E-state index contributed by atoms with van der Waals surface area (Å²) in [6, 6.07) is 7.81. The molecule has 0 saturated carbocycles. The highest BCUT2D eigenvalue weighted by atomic mass is 32.1. The van der Waals surface area contributed by atoms with E-state index in [0.717, 1.165) is 17.1 Å². The van der Waals surface area contributed by atoms with E-state index in [0.29, 0.717) is 18.0 Å². The second kappa shape index (κ2) is 6.66. The van der Waals surface area contributed by atoms with Crippen molar-refractivity contribution in [3.8, 4) is 0 Å². The number of hydrogen-bond donors (Lipinski definition) is 1. The van der Waals surface area contributed by atoms with Gasteiger partial charge >= 0.3 is 0 Å². The lowest BCUT2D eigenvalue weighted by Crippen LogP contribution is -2.25. The number of amides is 1. The molecule has 0 atom stereocenters. The van der Waals surface area contributed by atoms with Crippen molar-refractivity contribution >= 4 is 17.2 Å². The van der Waals surface area contributed by atoms with Gasteiger partial charge < -0.3 is 5.32 Å². The summed E-state index contributed by atoms with van der Waals surface area (Å²) in [4.78, 5) is 16.4. The molecule has 0 unspecified atom stereocenters. The molecule has 0 aliphatic rings. The summed E-state index contributed by atoms with van der Waals surface area (Å²) in [5, 5.41) is 6.03. The average Bonchev–Trinajstić information content (AvgIpc) is 2.84. The maximum atomic E-state index is 12.0. The first-order valence-corrected chi connectivity index (χ1v) is 7.73. The topological polar surface area (TPSA) is 42.0 Å². The summed E-state index contributed by atoms with van der Waals surface area (Å²) >= 11 is 1.64. The van der Waals surface area contributed by atoms with Crippen LogP contribution < -0.4 is 5.32 Å². The van der Waals surface area contributed by atoms with Gasteiger partial charge in [0, 0.05) is 29.6 Å². The summed E-state index contributed by atoms with van der Waals surface area (Å²) in [6.45, 7) is 6.89. The first kappa shape index (κ1) is 14.7. The maximum absolute atomic E-state index is 12.0. The molecule has 1 N–H and O–H groups in total. The Bertz CT molecular complexity index is 572. The normalized spacial score (nSPS) is 10.8. The van der Waals surface area contributed by atoms with Crippen LogP contribution in [0.25, 0.3) is 0 Å². The van der Waals surface area contributed by atoms with Crippen molar-refractivity contribution < 1.29 is 4.79 Å². The van der Waals surface area contributed by atoms with Gasteiger partial charge in [-0.2, -0.15) is 0 Å². The Labute approximate surface area is 124 Å². The number of aryl methyl sites for hydroxylation is 1. The molecule has 4 heteroatoms. The zero-order chi connectivity index (χ0) is 14.5. The molecule has 0 aliphatic carbocycles. The van der Waals surface area contributed by atoms with Crippen LogP contribution in [0, 0.1) is 6.92 Å². The van der Waals surface area contributed by atoms with Crippen LogP contribution >= 0.6 is 11.3 Å². The molecule has 1 aromatic heterocycles. The van der Waals surface area contributed by atoms with Crippen LogP contribution in [0.1, 0.15) is 46.4 Å². The largest absolute Gasteiger partial charge is 0.352 e. The van der Waals surface area contributed by atoms with Crippen molar-refractivity contribution in [3.05, 3.63) is 51.5 Å². The number of nitrogens with one attached hydrogen (secondary N) is 1. The summed E-state index contributed by atoms with van der Waals surface area (Å²) < 4.78 is 0. The molecule has 0 spiro atoms. The molecule has 1 amide bonds. The minimum absolute atomic E-state index is 0.0198. The quantitative estimate of drug-likeness (QED) is 0.914. The molecular formula is C16H20N2OS. The summed E-state index contributed by atoms with van der Waals surface area (Å²) in [6.07, 6.45) is 0.786. The third-order valence-electron chi connectivity index (χ3n) is 3.13. The van der Waals surface area contributed by atoms with Gasteiger partial charge in [0.25, 0.3) is 5.91 Å². The summed E-state index contributed by atoms with van der Waals surface area (Å²) in [7, 11) is 0. The predicted molar refractivity (Wildman–Crippen MR) is 83.4 cm³/mol. The molecule has 2 aromatic rings. The molecule has 106 valence electrons. The van der Waals surface area contributed by atoms with Gasteiger partial charge in [0.2, 0.25) is 0 Å². The fraction of sp³-hybridized carbons (Fsp3) is 0.375. The Kier molecular flexibility index (Phi) is 4.90. The number of aromatic nitrogens is 1. The van der Waals surface area contributed by atoms with Crippen LogP contribution in [0.2, 0.25) is 0 Å². The first-order valence-electron chi connectivity index (χ1n) is 6.85. The third-order valence-corrected chi connectivity index (χ3v) is 4.16. The van der Waals surface area contributed by atoms with E-state index in [-0.39, 0.29) is 5.91 Å². The lowest BCUT2D eigenvalue weighted by atomic mass is 10.0. The van der Waals surface area contributed by atoms with Crippen LogP contribution in [0.3, 0.4) is 0 Å². The second-order valence-corrected chi connectivity index (χ2v) is 6.11.